The quantitative estimate of drug-likeness (QED) is 0.0760. The molecule has 3 atom stereocenters. The highest BCUT2D eigenvalue weighted by atomic mass is 32.2. The summed E-state index contributed by atoms with van der Waals surface area (Å²) in [6.45, 7) is 4.61. The fourth-order valence-corrected chi connectivity index (χ4v) is 12.0. The van der Waals surface area contributed by atoms with E-state index in [-0.39, 0.29) is 47.7 Å². The molecule has 76 heavy (non-hydrogen) atoms. The summed E-state index contributed by atoms with van der Waals surface area (Å²) in [5.41, 5.74) is 4.24. The van der Waals surface area contributed by atoms with Gasteiger partial charge in [-0.3, -0.25) is 9.59 Å². The molecule has 11 rings (SSSR count). The number of aromatic nitrogens is 3. The van der Waals surface area contributed by atoms with Crippen molar-refractivity contribution in [3.63, 3.8) is 0 Å². The molecule has 3 amide bonds. The summed E-state index contributed by atoms with van der Waals surface area (Å²) in [4.78, 5) is 70.0. The number of nitrogens with zero attached hydrogens (tertiary/aromatic N) is 7. The Hall–Kier alpha value is -8.43. The van der Waals surface area contributed by atoms with Crippen LogP contribution in [-0.4, -0.2) is 131 Å². The standard InChI is InChI=1S/C55H53N9O11S/c65-51(35-12-17-42(53(67)68)45(27-35)50-43-18-13-37(60-22-6-23-60)29-48(43)75-49-30-38(14-19-44(49)50)61-24-7-25-61)56-31-36-32-63(59-58-36)39-28-47(64(33-39)76(72,73)41-8-2-1-3-9-41)52(66)57-46(54(69)70)26-34-10-15-40(16-11-34)74-55(71)62-20-4-5-21-62/h1-3,8-19,27,29-30,32,39,46-47H,4-7,20-26,28,31,33H2,(H3-,56,57,65,66,67,68,69,70)/p+1/t39-,46+,47+/m1/s1. The number of aromatic carboxylic acids is 1. The van der Waals surface area contributed by atoms with Crippen molar-refractivity contribution in [2.24, 2.45) is 0 Å². The van der Waals surface area contributed by atoms with Crippen molar-refractivity contribution in [2.45, 2.75) is 68.1 Å². The minimum absolute atomic E-state index is 0.000637. The smallest absolute Gasteiger partial charge is 0.415 e. The maximum atomic E-state index is 14.2. The number of anilines is 1. The Morgan fingerprint density at radius 3 is 2.30 bits per heavy atom. The van der Waals surface area contributed by atoms with E-state index in [2.05, 4.69) is 30.4 Å². The van der Waals surface area contributed by atoms with Gasteiger partial charge in [0.1, 0.15) is 48.0 Å². The summed E-state index contributed by atoms with van der Waals surface area (Å²) in [7, 11) is -4.30. The molecule has 0 radical (unpaired) electrons. The number of sulfonamides is 1. The molecule has 1 aromatic heterocycles. The number of fused-ring (bicyclic) bond motifs is 2. The van der Waals surface area contributed by atoms with Gasteiger partial charge in [-0.2, -0.15) is 4.31 Å². The van der Waals surface area contributed by atoms with Gasteiger partial charge in [0.15, 0.2) is 0 Å². The number of likely N-dealkylation sites (tertiary alicyclic amines) is 1. The Labute approximate surface area is 436 Å². The van der Waals surface area contributed by atoms with Crippen LogP contribution in [0.25, 0.3) is 33.4 Å². The Kier molecular flexibility index (Phi) is 13.6. The zero-order valence-corrected chi connectivity index (χ0v) is 42.0. The number of ether oxygens (including phenoxy) is 1. The molecular weight excluding hydrogens is 995 g/mol. The lowest BCUT2D eigenvalue weighted by atomic mass is 9.89. The Bertz CT molecular complexity index is 3570. The third-order valence-corrected chi connectivity index (χ3v) is 16.6. The number of hydrogen-bond donors (Lipinski definition) is 4. The Balaban J connectivity index is 0.817. The first-order valence-electron chi connectivity index (χ1n) is 25.3. The average Bonchev–Trinajstić information content (AvgIpc) is 4.21. The molecule has 5 aliphatic heterocycles. The van der Waals surface area contributed by atoms with E-state index in [4.69, 9.17) is 9.15 Å². The van der Waals surface area contributed by atoms with Gasteiger partial charge >= 0.3 is 18.0 Å². The van der Waals surface area contributed by atoms with Crippen LogP contribution in [0.15, 0.2) is 125 Å². The van der Waals surface area contributed by atoms with Crippen LogP contribution in [0.1, 0.15) is 70.1 Å². The van der Waals surface area contributed by atoms with Crippen molar-refractivity contribution in [3.05, 3.63) is 143 Å². The summed E-state index contributed by atoms with van der Waals surface area (Å²) in [6.07, 6.45) is 4.82. The molecule has 4 saturated heterocycles. The summed E-state index contributed by atoms with van der Waals surface area (Å²) in [6, 6.07) is 26.6. The van der Waals surface area contributed by atoms with Crippen molar-refractivity contribution in [1.82, 2.24) is 39.4 Å². The molecule has 5 aromatic rings. The molecule has 4 aromatic carbocycles. The fourth-order valence-electron chi connectivity index (χ4n) is 10.3. The number of amides is 3. The van der Waals surface area contributed by atoms with Crippen molar-refractivity contribution in [2.75, 3.05) is 50.7 Å². The molecular formula is C55H54N9O11S+. The maximum Gasteiger partial charge on any atom is 0.415 e. The van der Waals surface area contributed by atoms with Gasteiger partial charge in [-0.25, -0.2) is 32.1 Å². The van der Waals surface area contributed by atoms with Crippen LogP contribution in [0.2, 0.25) is 0 Å². The predicted molar refractivity (Wildman–Crippen MR) is 277 cm³/mol. The van der Waals surface area contributed by atoms with Crippen molar-refractivity contribution in [3.8, 4) is 28.2 Å². The van der Waals surface area contributed by atoms with Crippen molar-refractivity contribution in [1.29, 1.82) is 0 Å². The highest BCUT2D eigenvalue weighted by Gasteiger charge is 2.46. The predicted octanol–water partition coefficient (Wildman–Crippen LogP) is 5.22. The van der Waals surface area contributed by atoms with Crippen LogP contribution in [0, 0.1) is 0 Å². The van der Waals surface area contributed by atoms with Crippen LogP contribution in [0.3, 0.4) is 0 Å². The van der Waals surface area contributed by atoms with Gasteiger partial charge in [0.25, 0.3) is 5.91 Å². The molecule has 21 heteroatoms. The fraction of sp³-hybridized carbons (Fsp3) is 0.309. The molecule has 4 fully saturated rings. The third-order valence-electron chi connectivity index (χ3n) is 14.7. The molecule has 6 aliphatic rings. The Morgan fingerprint density at radius 2 is 1.61 bits per heavy atom. The summed E-state index contributed by atoms with van der Waals surface area (Å²) < 4.78 is 45.2. The minimum atomic E-state index is -4.30. The third kappa shape index (κ3) is 9.97. The first-order chi connectivity index (χ1) is 36.8. The highest BCUT2D eigenvalue weighted by molar-refractivity contribution is 7.89. The number of nitrogens with one attached hydrogen (secondary N) is 2. The number of carboxylic acid groups (broad SMARTS) is 2. The lowest BCUT2D eigenvalue weighted by Gasteiger charge is -2.33. The van der Waals surface area contributed by atoms with Crippen LogP contribution in [-0.2, 0) is 32.6 Å². The topological polar surface area (TPSA) is 250 Å². The summed E-state index contributed by atoms with van der Waals surface area (Å²) in [5.74, 6) is -3.00. The second-order valence-corrected chi connectivity index (χ2v) is 21.5. The minimum Gasteiger partial charge on any atom is -0.480 e. The lowest BCUT2D eigenvalue weighted by Crippen LogP contribution is -2.51. The molecule has 6 heterocycles. The second-order valence-electron chi connectivity index (χ2n) is 19.6. The van der Waals surface area contributed by atoms with Gasteiger partial charge in [0.05, 0.1) is 41.7 Å². The molecule has 0 unspecified atom stereocenters. The zero-order valence-electron chi connectivity index (χ0n) is 41.2. The summed E-state index contributed by atoms with van der Waals surface area (Å²) >= 11 is 0. The molecule has 390 valence electrons. The molecule has 0 bridgehead atoms. The lowest BCUT2D eigenvalue weighted by molar-refractivity contribution is -0.142. The number of hydrogen-bond acceptors (Lipinski definition) is 12. The first-order valence-corrected chi connectivity index (χ1v) is 26.8. The number of aliphatic carboxylic acids is 1. The summed E-state index contributed by atoms with van der Waals surface area (Å²) in [5, 5.41) is 36.4. The van der Waals surface area contributed by atoms with E-state index in [9.17, 15) is 42.6 Å². The van der Waals surface area contributed by atoms with E-state index in [1.54, 1.807) is 53.4 Å². The van der Waals surface area contributed by atoms with E-state index in [1.165, 1.54) is 35.1 Å². The van der Waals surface area contributed by atoms with Gasteiger partial charge in [0.2, 0.25) is 21.3 Å². The van der Waals surface area contributed by atoms with Crippen LogP contribution >= 0.6 is 0 Å². The highest BCUT2D eigenvalue weighted by Crippen LogP contribution is 2.43. The van der Waals surface area contributed by atoms with E-state index in [0.717, 1.165) is 67.2 Å². The number of carbonyl (C=O) groups is 5. The van der Waals surface area contributed by atoms with E-state index in [0.29, 0.717) is 57.8 Å². The average molecular weight is 1050 g/mol. The van der Waals surface area contributed by atoms with Gasteiger partial charge in [-0.05, 0) is 97.5 Å². The largest absolute Gasteiger partial charge is 0.480 e. The second kappa shape index (κ2) is 20.7. The number of carbonyl (C=O) groups excluding carboxylic acids is 3. The maximum absolute atomic E-state index is 14.2. The Morgan fingerprint density at radius 1 is 0.829 bits per heavy atom. The van der Waals surface area contributed by atoms with Gasteiger partial charge in [-0.15, -0.1) is 5.10 Å². The van der Waals surface area contributed by atoms with Crippen LogP contribution in [0.5, 0.6) is 5.75 Å². The number of rotatable bonds is 15. The number of benzene rings is 5. The number of carboxylic acids is 2. The van der Waals surface area contributed by atoms with Crippen molar-refractivity contribution < 1.29 is 51.8 Å². The normalized spacial score (nSPS) is 18.0. The molecule has 0 saturated carbocycles. The van der Waals surface area contributed by atoms with E-state index in [1.807, 2.05) is 36.4 Å². The molecule has 4 N–H and O–H groups in total. The van der Waals surface area contributed by atoms with E-state index < -0.39 is 58.0 Å². The van der Waals surface area contributed by atoms with Crippen LogP contribution < -0.4 is 30.2 Å². The molecule has 20 nitrogen and oxygen atoms in total. The molecule has 1 aliphatic carbocycles. The first kappa shape index (κ1) is 49.8. The van der Waals surface area contributed by atoms with E-state index >= 15 is 0 Å². The van der Waals surface area contributed by atoms with Crippen LogP contribution in [0.4, 0.5) is 10.5 Å². The monoisotopic (exact) mass is 1050 g/mol. The van der Waals surface area contributed by atoms with Gasteiger partial charge in [0, 0.05) is 79.0 Å². The van der Waals surface area contributed by atoms with Crippen molar-refractivity contribution >= 4 is 56.5 Å². The van der Waals surface area contributed by atoms with Gasteiger partial charge in [-0.1, -0.05) is 35.5 Å². The molecule has 0 spiro atoms. The zero-order chi connectivity index (χ0) is 52.7. The van der Waals surface area contributed by atoms with Gasteiger partial charge < -0.3 is 39.8 Å². The SMILES string of the molecule is O=C(NCc1cn([C@@H]2C[C@@H](C(=O)N[C@@H](Cc3ccc(OC(=O)N4CCCC4)cc3)C(=O)O)N(S(=O)(=O)c3ccccc3)C2)nn1)c1ccc(C(=O)O)c(-c2c3ccc(=[N+]4CCC4)cc-3oc3cc(N4CCC4)ccc23)c1.